The van der Waals surface area contributed by atoms with E-state index in [1.54, 1.807) is 24.3 Å². The number of imidazole rings is 1. The van der Waals surface area contributed by atoms with Gasteiger partial charge in [-0.3, -0.25) is 4.79 Å². The number of carbonyl (C=O) groups is 1. The molecule has 1 aromatic heterocycles. The number of fused-ring (bicyclic) bond motifs is 1. The molecule has 132 valence electrons. The highest BCUT2D eigenvalue weighted by molar-refractivity contribution is 6.33. The summed E-state index contributed by atoms with van der Waals surface area (Å²) in [6, 6.07) is 13.6. The van der Waals surface area contributed by atoms with Gasteiger partial charge in [0.15, 0.2) is 12.2 Å². The molecule has 3 aromatic rings. The molecule has 4 rings (SSSR count). The van der Waals surface area contributed by atoms with Crippen LogP contribution in [0.4, 0.5) is 10.1 Å². The highest BCUT2D eigenvalue weighted by Gasteiger charge is 2.29. The van der Waals surface area contributed by atoms with E-state index in [0.29, 0.717) is 10.7 Å². The van der Waals surface area contributed by atoms with Crippen molar-refractivity contribution >= 4 is 23.2 Å². The fourth-order valence-electron chi connectivity index (χ4n) is 3.40. The van der Waals surface area contributed by atoms with Gasteiger partial charge in [0, 0.05) is 5.56 Å². The molecular formula is C20H18ClFN3O+. The molecule has 26 heavy (non-hydrogen) atoms. The minimum atomic E-state index is -0.256. The third-order valence-corrected chi connectivity index (χ3v) is 4.93. The Hall–Kier alpha value is -2.66. The summed E-state index contributed by atoms with van der Waals surface area (Å²) >= 11 is 6.11. The van der Waals surface area contributed by atoms with E-state index in [-0.39, 0.29) is 18.3 Å². The molecule has 0 aliphatic carbocycles. The summed E-state index contributed by atoms with van der Waals surface area (Å²) in [5.74, 6) is 0.724. The van der Waals surface area contributed by atoms with Gasteiger partial charge in [-0.25, -0.2) is 13.5 Å². The second-order valence-corrected chi connectivity index (χ2v) is 6.76. The molecular weight excluding hydrogens is 353 g/mol. The van der Waals surface area contributed by atoms with Crippen molar-refractivity contribution in [1.29, 1.82) is 0 Å². The average molecular weight is 371 g/mol. The number of nitrogens with zero attached hydrogens (tertiary/aromatic N) is 2. The van der Waals surface area contributed by atoms with Crippen LogP contribution in [0.1, 0.15) is 12.2 Å². The highest BCUT2D eigenvalue weighted by Crippen LogP contribution is 2.25. The first-order chi connectivity index (χ1) is 12.6. The second-order valence-electron chi connectivity index (χ2n) is 6.35. The molecule has 1 amide bonds. The Morgan fingerprint density at radius 2 is 1.96 bits per heavy atom. The molecule has 0 radical (unpaired) electrons. The quantitative estimate of drug-likeness (QED) is 0.696. The summed E-state index contributed by atoms with van der Waals surface area (Å²) < 4.78 is 17.4. The molecule has 0 atom stereocenters. The van der Waals surface area contributed by atoms with E-state index in [4.69, 9.17) is 11.6 Å². The number of hydrogen-bond donors (Lipinski definition) is 1. The Labute approximate surface area is 155 Å². The summed E-state index contributed by atoms with van der Waals surface area (Å²) in [6.45, 7) is 1.11. The van der Waals surface area contributed by atoms with E-state index in [1.165, 1.54) is 12.1 Å². The SMILES string of the molecule is O=C(C[n+]1cc(-c2ccc(F)cc2)n2c1CCC2)Nc1ccccc1Cl. The third-order valence-electron chi connectivity index (χ3n) is 4.60. The lowest BCUT2D eigenvalue weighted by atomic mass is 10.1. The molecule has 6 heteroatoms. The van der Waals surface area contributed by atoms with Crippen LogP contribution < -0.4 is 9.88 Å². The summed E-state index contributed by atoms with van der Waals surface area (Å²) in [5, 5.41) is 3.37. The number of carbonyl (C=O) groups excluding carboxylic acids is 1. The van der Waals surface area contributed by atoms with Gasteiger partial charge in [0.25, 0.3) is 11.7 Å². The lowest BCUT2D eigenvalue weighted by Crippen LogP contribution is -2.42. The maximum Gasteiger partial charge on any atom is 0.266 e. The first-order valence-electron chi connectivity index (χ1n) is 8.54. The smallest absolute Gasteiger partial charge is 0.266 e. The molecule has 0 fully saturated rings. The minimum Gasteiger partial charge on any atom is -0.321 e. The lowest BCUT2D eigenvalue weighted by molar-refractivity contribution is -0.690. The molecule has 4 nitrogen and oxygen atoms in total. The van der Waals surface area contributed by atoms with Gasteiger partial charge in [-0.1, -0.05) is 23.7 Å². The fourth-order valence-corrected chi connectivity index (χ4v) is 3.59. The van der Waals surface area contributed by atoms with Crippen LogP contribution >= 0.6 is 11.6 Å². The predicted octanol–water partition coefficient (Wildman–Crippen LogP) is 3.82. The summed E-state index contributed by atoms with van der Waals surface area (Å²) in [6.07, 6.45) is 3.92. The molecule has 0 unspecified atom stereocenters. The average Bonchev–Trinajstić information content (AvgIpc) is 3.22. The number of para-hydroxylation sites is 1. The van der Waals surface area contributed by atoms with E-state index in [9.17, 15) is 9.18 Å². The predicted molar refractivity (Wildman–Crippen MR) is 98.4 cm³/mol. The number of rotatable bonds is 4. The van der Waals surface area contributed by atoms with Gasteiger partial charge in [-0.15, -0.1) is 0 Å². The zero-order valence-corrected chi connectivity index (χ0v) is 14.8. The highest BCUT2D eigenvalue weighted by atomic mass is 35.5. The Balaban J connectivity index is 1.59. The van der Waals surface area contributed by atoms with Crippen molar-refractivity contribution < 1.29 is 13.8 Å². The van der Waals surface area contributed by atoms with Crippen molar-refractivity contribution in [2.75, 3.05) is 5.32 Å². The lowest BCUT2D eigenvalue weighted by Gasteiger charge is -2.05. The van der Waals surface area contributed by atoms with Crippen molar-refractivity contribution in [3.63, 3.8) is 0 Å². The third kappa shape index (κ3) is 3.22. The van der Waals surface area contributed by atoms with Gasteiger partial charge in [-0.2, -0.15) is 0 Å². The molecule has 2 aromatic carbocycles. The number of hydrogen-bond acceptors (Lipinski definition) is 1. The molecule has 2 heterocycles. The zero-order chi connectivity index (χ0) is 18.1. The second kappa shape index (κ2) is 6.92. The number of nitrogens with one attached hydrogen (secondary N) is 1. The molecule has 0 spiro atoms. The summed E-state index contributed by atoms with van der Waals surface area (Å²) in [5.41, 5.74) is 2.55. The number of halogens is 2. The van der Waals surface area contributed by atoms with Gasteiger partial charge in [0.1, 0.15) is 12.0 Å². The van der Waals surface area contributed by atoms with Gasteiger partial charge < -0.3 is 5.32 Å². The Morgan fingerprint density at radius 1 is 1.19 bits per heavy atom. The van der Waals surface area contributed by atoms with Gasteiger partial charge in [0.2, 0.25) is 0 Å². The van der Waals surface area contributed by atoms with Gasteiger partial charge in [0.05, 0.1) is 23.7 Å². The molecule has 1 aliphatic rings. The first kappa shape index (κ1) is 16.8. The van der Waals surface area contributed by atoms with Crippen LogP contribution in [0.5, 0.6) is 0 Å². The van der Waals surface area contributed by atoms with Crippen LogP contribution in [0, 0.1) is 5.82 Å². The largest absolute Gasteiger partial charge is 0.321 e. The van der Waals surface area contributed by atoms with E-state index in [2.05, 4.69) is 9.88 Å². The monoisotopic (exact) mass is 370 g/mol. The van der Waals surface area contributed by atoms with Crippen LogP contribution in [0.3, 0.4) is 0 Å². The summed E-state index contributed by atoms with van der Waals surface area (Å²) in [4.78, 5) is 12.5. The van der Waals surface area contributed by atoms with Crippen molar-refractivity contribution in [2.24, 2.45) is 0 Å². The molecule has 0 saturated heterocycles. The normalized spacial score (nSPS) is 12.8. The molecule has 0 bridgehead atoms. The molecule has 1 aliphatic heterocycles. The molecule has 0 saturated carbocycles. The molecule has 1 N–H and O–H groups in total. The Kier molecular flexibility index (Phi) is 4.47. The van der Waals surface area contributed by atoms with E-state index in [1.807, 2.05) is 22.9 Å². The van der Waals surface area contributed by atoms with Crippen LogP contribution in [0.15, 0.2) is 54.7 Å². The van der Waals surface area contributed by atoms with Crippen molar-refractivity contribution in [1.82, 2.24) is 4.57 Å². The number of benzene rings is 2. The standard InChI is InChI=1S/C20H17ClFN3O/c21-16-4-1-2-5-17(16)23-19(26)13-24-12-18(25-11-3-6-20(24)25)14-7-9-15(22)10-8-14/h1-2,4-5,7-10,12H,3,6,11,13H2/p+1. The maximum atomic E-state index is 13.2. The zero-order valence-electron chi connectivity index (χ0n) is 14.1. The van der Waals surface area contributed by atoms with E-state index in [0.717, 1.165) is 36.5 Å². The van der Waals surface area contributed by atoms with Crippen LogP contribution in [-0.2, 0) is 24.3 Å². The summed E-state index contributed by atoms with van der Waals surface area (Å²) in [7, 11) is 0. The van der Waals surface area contributed by atoms with E-state index < -0.39 is 0 Å². The van der Waals surface area contributed by atoms with Crippen molar-refractivity contribution in [3.8, 4) is 11.3 Å². The van der Waals surface area contributed by atoms with Crippen molar-refractivity contribution in [3.05, 3.63) is 71.4 Å². The topological polar surface area (TPSA) is 37.9 Å². The van der Waals surface area contributed by atoms with Gasteiger partial charge in [-0.05, 0) is 42.8 Å². The fraction of sp³-hybridized carbons (Fsp3) is 0.200. The Bertz CT molecular complexity index is 966. The number of aromatic nitrogens is 2. The first-order valence-corrected chi connectivity index (χ1v) is 8.92. The van der Waals surface area contributed by atoms with E-state index >= 15 is 0 Å². The van der Waals surface area contributed by atoms with Gasteiger partial charge >= 0.3 is 0 Å². The Morgan fingerprint density at radius 3 is 2.73 bits per heavy atom. The maximum absolute atomic E-state index is 13.2. The van der Waals surface area contributed by atoms with Crippen LogP contribution in [-0.4, -0.2) is 10.5 Å². The number of anilines is 1. The van der Waals surface area contributed by atoms with Crippen LogP contribution in [0.2, 0.25) is 5.02 Å². The minimum absolute atomic E-state index is 0.131. The number of amides is 1. The van der Waals surface area contributed by atoms with Crippen LogP contribution in [0.25, 0.3) is 11.3 Å². The van der Waals surface area contributed by atoms with Crippen molar-refractivity contribution in [2.45, 2.75) is 25.9 Å².